The second-order valence-corrected chi connectivity index (χ2v) is 6.49. The van der Waals surface area contributed by atoms with Crippen molar-refractivity contribution in [2.75, 3.05) is 26.1 Å². The standard InChI is InChI=1S/C20H18N2O5S/c1-25-15-8-14(9-16(10-15)26-2)19(24)27-11-18(23)22-20-21-17(12-28-20)13-6-4-3-5-7-13/h3-10,12H,11H2,1-2H3,(H,21,22,23). The van der Waals surface area contributed by atoms with Gasteiger partial charge in [-0.25, -0.2) is 9.78 Å². The largest absolute Gasteiger partial charge is 0.497 e. The van der Waals surface area contributed by atoms with Crippen LogP contribution in [-0.4, -0.2) is 37.7 Å². The molecule has 0 atom stereocenters. The average Bonchev–Trinajstić information content (AvgIpc) is 3.20. The number of amides is 1. The number of esters is 1. The predicted octanol–water partition coefficient (Wildman–Crippen LogP) is 3.62. The Morgan fingerprint density at radius 3 is 2.36 bits per heavy atom. The Labute approximate surface area is 165 Å². The van der Waals surface area contributed by atoms with Gasteiger partial charge in [-0.1, -0.05) is 30.3 Å². The number of methoxy groups -OCH3 is 2. The highest BCUT2D eigenvalue weighted by Crippen LogP contribution is 2.25. The van der Waals surface area contributed by atoms with Crippen molar-refractivity contribution in [3.05, 3.63) is 59.5 Å². The van der Waals surface area contributed by atoms with E-state index < -0.39 is 18.5 Å². The molecule has 1 aromatic heterocycles. The molecule has 0 aliphatic heterocycles. The van der Waals surface area contributed by atoms with E-state index in [2.05, 4.69) is 10.3 Å². The molecule has 0 aliphatic carbocycles. The topological polar surface area (TPSA) is 86.8 Å². The molecular weight excluding hydrogens is 380 g/mol. The van der Waals surface area contributed by atoms with Crippen LogP contribution in [-0.2, 0) is 9.53 Å². The van der Waals surface area contributed by atoms with Crippen LogP contribution in [0, 0.1) is 0 Å². The summed E-state index contributed by atoms with van der Waals surface area (Å²) in [5, 5.41) is 4.91. The van der Waals surface area contributed by atoms with Gasteiger partial charge in [-0.05, 0) is 12.1 Å². The highest BCUT2D eigenvalue weighted by molar-refractivity contribution is 7.14. The van der Waals surface area contributed by atoms with Crippen LogP contribution < -0.4 is 14.8 Å². The van der Waals surface area contributed by atoms with Crippen molar-refractivity contribution in [2.24, 2.45) is 0 Å². The third kappa shape index (κ3) is 4.86. The Hall–Kier alpha value is -3.39. The number of rotatable bonds is 7. The van der Waals surface area contributed by atoms with E-state index in [1.807, 2.05) is 35.7 Å². The van der Waals surface area contributed by atoms with Crippen molar-refractivity contribution >= 4 is 28.3 Å². The molecule has 144 valence electrons. The molecule has 7 nitrogen and oxygen atoms in total. The van der Waals surface area contributed by atoms with Gasteiger partial charge < -0.3 is 14.2 Å². The molecule has 2 aromatic carbocycles. The minimum atomic E-state index is -0.656. The van der Waals surface area contributed by atoms with E-state index in [-0.39, 0.29) is 5.56 Å². The Morgan fingerprint density at radius 1 is 1.04 bits per heavy atom. The molecule has 3 aromatic rings. The van der Waals surface area contributed by atoms with Crippen molar-refractivity contribution in [1.82, 2.24) is 4.98 Å². The number of aromatic nitrogens is 1. The van der Waals surface area contributed by atoms with Gasteiger partial charge in [0.15, 0.2) is 11.7 Å². The lowest BCUT2D eigenvalue weighted by molar-refractivity contribution is -0.119. The Morgan fingerprint density at radius 2 is 1.71 bits per heavy atom. The van der Waals surface area contributed by atoms with Crippen LogP contribution in [0.1, 0.15) is 10.4 Å². The fourth-order valence-electron chi connectivity index (χ4n) is 2.37. The zero-order valence-corrected chi connectivity index (χ0v) is 16.1. The van der Waals surface area contributed by atoms with Gasteiger partial charge in [-0.15, -0.1) is 11.3 Å². The summed E-state index contributed by atoms with van der Waals surface area (Å²) in [4.78, 5) is 28.6. The number of anilines is 1. The molecule has 0 fully saturated rings. The third-order valence-electron chi connectivity index (χ3n) is 3.74. The van der Waals surface area contributed by atoms with Crippen LogP contribution in [0.5, 0.6) is 11.5 Å². The lowest BCUT2D eigenvalue weighted by atomic mass is 10.2. The van der Waals surface area contributed by atoms with Gasteiger partial charge >= 0.3 is 5.97 Å². The first-order chi connectivity index (χ1) is 13.6. The third-order valence-corrected chi connectivity index (χ3v) is 4.50. The molecule has 0 saturated carbocycles. The Balaban J connectivity index is 1.57. The molecule has 1 amide bonds. The monoisotopic (exact) mass is 398 g/mol. The van der Waals surface area contributed by atoms with E-state index >= 15 is 0 Å². The average molecular weight is 398 g/mol. The number of ether oxygens (including phenoxy) is 3. The summed E-state index contributed by atoms with van der Waals surface area (Å²) in [6.07, 6.45) is 0. The summed E-state index contributed by atoms with van der Waals surface area (Å²) in [7, 11) is 2.96. The molecule has 0 spiro atoms. The normalized spacial score (nSPS) is 10.2. The zero-order chi connectivity index (χ0) is 19.9. The number of benzene rings is 2. The van der Waals surface area contributed by atoms with Crippen LogP contribution in [0.15, 0.2) is 53.9 Å². The molecule has 0 radical (unpaired) electrons. The van der Waals surface area contributed by atoms with Gasteiger partial charge in [-0.3, -0.25) is 10.1 Å². The summed E-state index contributed by atoms with van der Waals surface area (Å²) in [6, 6.07) is 14.3. The maximum atomic E-state index is 12.2. The minimum Gasteiger partial charge on any atom is -0.497 e. The van der Waals surface area contributed by atoms with Crippen molar-refractivity contribution in [3.63, 3.8) is 0 Å². The highest BCUT2D eigenvalue weighted by atomic mass is 32.1. The molecule has 28 heavy (non-hydrogen) atoms. The number of hydrogen-bond donors (Lipinski definition) is 1. The van der Waals surface area contributed by atoms with E-state index in [1.54, 1.807) is 6.07 Å². The smallest absolute Gasteiger partial charge is 0.338 e. The lowest BCUT2D eigenvalue weighted by Gasteiger charge is -2.08. The molecule has 1 N–H and O–H groups in total. The molecule has 0 unspecified atom stereocenters. The van der Waals surface area contributed by atoms with Crippen LogP contribution in [0.25, 0.3) is 11.3 Å². The summed E-state index contributed by atoms with van der Waals surface area (Å²) < 4.78 is 15.3. The number of carbonyl (C=O) groups is 2. The van der Waals surface area contributed by atoms with Crippen molar-refractivity contribution in [2.45, 2.75) is 0 Å². The summed E-state index contributed by atoms with van der Waals surface area (Å²) >= 11 is 1.30. The quantitative estimate of drug-likeness (QED) is 0.612. The van der Waals surface area contributed by atoms with E-state index in [0.717, 1.165) is 11.3 Å². The van der Waals surface area contributed by atoms with E-state index in [1.165, 1.54) is 37.7 Å². The summed E-state index contributed by atoms with van der Waals surface area (Å²) in [5.41, 5.74) is 1.95. The number of nitrogens with one attached hydrogen (secondary N) is 1. The van der Waals surface area contributed by atoms with Crippen LogP contribution in [0.3, 0.4) is 0 Å². The van der Waals surface area contributed by atoms with Crippen LogP contribution in [0.2, 0.25) is 0 Å². The second-order valence-electron chi connectivity index (χ2n) is 5.63. The van der Waals surface area contributed by atoms with Crippen LogP contribution in [0.4, 0.5) is 5.13 Å². The fourth-order valence-corrected chi connectivity index (χ4v) is 3.10. The first-order valence-corrected chi connectivity index (χ1v) is 9.18. The number of hydrogen-bond acceptors (Lipinski definition) is 7. The molecule has 8 heteroatoms. The van der Waals surface area contributed by atoms with E-state index in [0.29, 0.717) is 16.6 Å². The lowest BCUT2D eigenvalue weighted by Crippen LogP contribution is -2.20. The molecule has 0 saturated heterocycles. The molecule has 0 bridgehead atoms. The van der Waals surface area contributed by atoms with Crippen molar-refractivity contribution in [1.29, 1.82) is 0 Å². The molecular formula is C20H18N2O5S. The zero-order valence-electron chi connectivity index (χ0n) is 15.3. The summed E-state index contributed by atoms with van der Waals surface area (Å²) in [5.74, 6) is -0.229. The maximum absolute atomic E-state index is 12.2. The Bertz CT molecular complexity index is 949. The van der Waals surface area contributed by atoms with Gasteiger partial charge in [0.1, 0.15) is 11.5 Å². The maximum Gasteiger partial charge on any atom is 0.338 e. The molecule has 0 aliphatic rings. The van der Waals surface area contributed by atoms with Gasteiger partial charge in [0, 0.05) is 17.0 Å². The fraction of sp³-hybridized carbons (Fsp3) is 0.150. The number of nitrogens with zero attached hydrogens (tertiary/aromatic N) is 1. The van der Waals surface area contributed by atoms with Gasteiger partial charge in [0.05, 0.1) is 25.5 Å². The predicted molar refractivity (Wildman–Crippen MR) is 106 cm³/mol. The molecule has 3 rings (SSSR count). The van der Waals surface area contributed by atoms with E-state index in [4.69, 9.17) is 14.2 Å². The highest BCUT2D eigenvalue weighted by Gasteiger charge is 2.14. The van der Waals surface area contributed by atoms with Crippen LogP contribution >= 0.6 is 11.3 Å². The van der Waals surface area contributed by atoms with Crippen molar-refractivity contribution < 1.29 is 23.8 Å². The SMILES string of the molecule is COc1cc(OC)cc(C(=O)OCC(=O)Nc2nc(-c3ccccc3)cs2)c1. The first kappa shape index (κ1) is 19.4. The second kappa shape index (κ2) is 9.01. The van der Waals surface area contributed by atoms with Gasteiger partial charge in [0.2, 0.25) is 0 Å². The number of carbonyl (C=O) groups excluding carboxylic acids is 2. The Kier molecular flexibility index (Phi) is 6.23. The summed E-state index contributed by atoms with van der Waals surface area (Å²) in [6.45, 7) is -0.432. The minimum absolute atomic E-state index is 0.226. The van der Waals surface area contributed by atoms with Crippen molar-refractivity contribution in [3.8, 4) is 22.8 Å². The van der Waals surface area contributed by atoms with E-state index in [9.17, 15) is 9.59 Å². The number of thiazole rings is 1. The van der Waals surface area contributed by atoms with Gasteiger partial charge in [-0.2, -0.15) is 0 Å². The van der Waals surface area contributed by atoms with Gasteiger partial charge in [0.25, 0.3) is 5.91 Å². The molecule has 1 heterocycles. The first-order valence-electron chi connectivity index (χ1n) is 8.30.